The van der Waals surface area contributed by atoms with Gasteiger partial charge in [0.05, 0.1) is 28.5 Å². The topological polar surface area (TPSA) is 76.1 Å². The number of amides is 1. The third-order valence-corrected chi connectivity index (χ3v) is 5.27. The molecule has 2 N–H and O–H groups in total. The van der Waals surface area contributed by atoms with Crippen molar-refractivity contribution in [3.8, 4) is 5.75 Å². The summed E-state index contributed by atoms with van der Waals surface area (Å²) in [5.41, 5.74) is 0.198. The van der Waals surface area contributed by atoms with Crippen LogP contribution < -0.4 is 15.4 Å². The Bertz CT molecular complexity index is 1260. The number of methoxy groups -OCH3 is 1. The minimum Gasteiger partial charge on any atom is -0.497 e. The summed E-state index contributed by atoms with van der Waals surface area (Å²) in [4.78, 5) is 21.3. The molecule has 0 aliphatic heterocycles. The lowest BCUT2D eigenvalue weighted by molar-refractivity contribution is -0.137. The Morgan fingerprint density at radius 3 is 2.71 bits per heavy atom. The maximum atomic E-state index is 13.0. The van der Waals surface area contributed by atoms with Gasteiger partial charge in [0.2, 0.25) is 0 Å². The van der Waals surface area contributed by atoms with Crippen LogP contribution in [0, 0.1) is 0 Å². The van der Waals surface area contributed by atoms with Crippen LogP contribution in [-0.4, -0.2) is 23.0 Å². The molecule has 0 saturated heterocycles. The Balaban J connectivity index is 1.58. The van der Waals surface area contributed by atoms with Gasteiger partial charge in [0.15, 0.2) is 5.13 Å². The van der Waals surface area contributed by atoms with Crippen LogP contribution in [0.5, 0.6) is 5.75 Å². The number of hydrogen-bond acceptors (Lipinski definition) is 6. The summed E-state index contributed by atoms with van der Waals surface area (Å²) in [6.45, 7) is 0. The van der Waals surface area contributed by atoms with Crippen LogP contribution in [0.15, 0.2) is 60.8 Å². The van der Waals surface area contributed by atoms with Crippen molar-refractivity contribution in [3.05, 3.63) is 71.9 Å². The maximum absolute atomic E-state index is 13.0. The predicted molar refractivity (Wildman–Crippen MR) is 113 cm³/mol. The van der Waals surface area contributed by atoms with Crippen molar-refractivity contribution in [2.75, 3.05) is 17.7 Å². The van der Waals surface area contributed by atoms with Gasteiger partial charge in [-0.05, 0) is 42.5 Å². The van der Waals surface area contributed by atoms with E-state index in [2.05, 4.69) is 20.6 Å². The van der Waals surface area contributed by atoms with E-state index in [0.29, 0.717) is 16.4 Å². The highest BCUT2D eigenvalue weighted by atomic mass is 32.1. The Kier molecular flexibility index (Phi) is 5.47. The molecular weight excluding hydrogens is 429 g/mol. The van der Waals surface area contributed by atoms with Gasteiger partial charge in [-0.1, -0.05) is 17.4 Å². The second kappa shape index (κ2) is 8.23. The van der Waals surface area contributed by atoms with E-state index in [1.165, 1.54) is 35.7 Å². The van der Waals surface area contributed by atoms with Gasteiger partial charge in [0.25, 0.3) is 5.91 Å². The lowest BCUT2D eigenvalue weighted by atomic mass is 10.2. The molecule has 4 aromatic rings. The number of ether oxygens (including phenoxy) is 1. The van der Waals surface area contributed by atoms with E-state index >= 15 is 0 Å². The molecule has 2 aromatic heterocycles. The number of anilines is 3. The van der Waals surface area contributed by atoms with E-state index in [1.54, 1.807) is 25.3 Å². The predicted octanol–water partition coefficient (Wildman–Crippen LogP) is 5.71. The lowest BCUT2D eigenvalue weighted by Crippen LogP contribution is -2.14. The molecule has 31 heavy (non-hydrogen) atoms. The zero-order valence-electron chi connectivity index (χ0n) is 16.0. The minimum absolute atomic E-state index is 0.127. The number of nitrogens with one attached hydrogen (secondary N) is 2. The molecule has 0 atom stereocenters. The molecule has 1 amide bonds. The molecule has 0 bridgehead atoms. The van der Waals surface area contributed by atoms with Gasteiger partial charge in [0, 0.05) is 18.0 Å². The molecule has 0 radical (unpaired) electrons. The number of alkyl halides is 3. The number of fused-ring (bicyclic) bond motifs is 1. The van der Waals surface area contributed by atoms with Crippen LogP contribution in [-0.2, 0) is 6.18 Å². The van der Waals surface area contributed by atoms with E-state index in [-0.39, 0.29) is 17.1 Å². The fourth-order valence-corrected chi connectivity index (χ4v) is 3.69. The number of nitrogens with zero attached hydrogens (tertiary/aromatic N) is 2. The number of rotatable bonds is 5. The van der Waals surface area contributed by atoms with Crippen molar-refractivity contribution < 1.29 is 22.7 Å². The van der Waals surface area contributed by atoms with Crippen molar-refractivity contribution in [3.63, 3.8) is 0 Å². The molecule has 0 aliphatic carbocycles. The first-order valence-corrected chi connectivity index (χ1v) is 9.80. The highest BCUT2D eigenvalue weighted by Gasteiger charge is 2.30. The number of thiazole rings is 1. The van der Waals surface area contributed by atoms with Gasteiger partial charge >= 0.3 is 6.18 Å². The summed E-state index contributed by atoms with van der Waals surface area (Å²) in [7, 11) is 1.55. The van der Waals surface area contributed by atoms with E-state index < -0.39 is 17.6 Å². The number of benzene rings is 2. The smallest absolute Gasteiger partial charge is 0.416 e. The molecular formula is C21H15F3N4O2S. The SMILES string of the molecule is COc1ccc2sc(NC(=O)c3cccnc3Nc3cccc(C(F)(F)F)c3)nc2c1. The second-order valence-corrected chi connectivity index (χ2v) is 7.44. The molecule has 2 aromatic carbocycles. The Morgan fingerprint density at radius 2 is 1.94 bits per heavy atom. The largest absolute Gasteiger partial charge is 0.497 e. The fourth-order valence-electron chi connectivity index (χ4n) is 2.85. The zero-order chi connectivity index (χ0) is 22.0. The van der Waals surface area contributed by atoms with Crippen LogP contribution in [0.25, 0.3) is 10.2 Å². The van der Waals surface area contributed by atoms with Crippen LogP contribution in [0.4, 0.5) is 29.8 Å². The molecule has 0 fully saturated rings. The second-order valence-electron chi connectivity index (χ2n) is 6.41. The molecule has 0 saturated carbocycles. The van der Waals surface area contributed by atoms with Gasteiger partial charge in [-0.15, -0.1) is 0 Å². The van der Waals surface area contributed by atoms with Crippen molar-refractivity contribution >= 4 is 44.1 Å². The molecule has 6 nitrogen and oxygen atoms in total. The standard InChI is InChI=1S/C21H15F3N4O2S/c1-30-14-7-8-17-16(11-14)27-20(31-17)28-19(29)15-6-3-9-25-18(15)26-13-5-2-4-12(10-13)21(22,23)24/h2-11H,1H3,(H,25,26)(H,27,28,29). The number of hydrogen-bond donors (Lipinski definition) is 2. The third-order valence-electron chi connectivity index (χ3n) is 4.32. The van der Waals surface area contributed by atoms with Gasteiger partial charge in [-0.3, -0.25) is 10.1 Å². The van der Waals surface area contributed by atoms with Crippen LogP contribution >= 0.6 is 11.3 Å². The van der Waals surface area contributed by atoms with Crippen LogP contribution in [0.2, 0.25) is 0 Å². The summed E-state index contributed by atoms with van der Waals surface area (Å²) in [5, 5.41) is 5.88. The van der Waals surface area contributed by atoms with Crippen molar-refractivity contribution in [2.24, 2.45) is 0 Å². The Labute approximate surface area is 178 Å². The fraction of sp³-hybridized carbons (Fsp3) is 0.0952. The molecule has 10 heteroatoms. The molecule has 2 heterocycles. The van der Waals surface area contributed by atoms with Crippen molar-refractivity contribution in [1.29, 1.82) is 0 Å². The van der Waals surface area contributed by atoms with Crippen LogP contribution in [0.1, 0.15) is 15.9 Å². The summed E-state index contributed by atoms with van der Waals surface area (Å²) >= 11 is 1.29. The monoisotopic (exact) mass is 444 g/mol. The van der Waals surface area contributed by atoms with E-state index in [9.17, 15) is 18.0 Å². The molecule has 4 rings (SSSR count). The number of carbonyl (C=O) groups excluding carboxylic acids is 1. The van der Waals surface area contributed by atoms with E-state index in [0.717, 1.165) is 16.8 Å². The van der Waals surface area contributed by atoms with Gasteiger partial charge < -0.3 is 10.1 Å². The van der Waals surface area contributed by atoms with E-state index in [1.807, 2.05) is 6.07 Å². The van der Waals surface area contributed by atoms with Gasteiger partial charge in [-0.2, -0.15) is 13.2 Å². The third kappa shape index (κ3) is 4.58. The number of aromatic nitrogens is 2. The molecule has 0 unspecified atom stereocenters. The first kappa shape index (κ1) is 20.6. The summed E-state index contributed by atoms with van der Waals surface area (Å²) in [6, 6.07) is 13.2. The molecule has 0 aliphatic rings. The summed E-state index contributed by atoms with van der Waals surface area (Å²) in [5.74, 6) is 0.284. The summed E-state index contributed by atoms with van der Waals surface area (Å²) < 4.78 is 45.0. The molecule has 0 spiro atoms. The maximum Gasteiger partial charge on any atom is 0.416 e. The minimum atomic E-state index is -4.47. The Hall–Kier alpha value is -3.66. The average Bonchev–Trinajstić information content (AvgIpc) is 3.15. The van der Waals surface area contributed by atoms with Gasteiger partial charge in [-0.25, -0.2) is 9.97 Å². The summed E-state index contributed by atoms with van der Waals surface area (Å²) in [6.07, 6.45) is -3.03. The normalized spacial score (nSPS) is 11.4. The highest BCUT2D eigenvalue weighted by molar-refractivity contribution is 7.22. The zero-order valence-corrected chi connectivity index (χ0v) is 16.8. The number of carbonyl (C=O) groups is 1. The average molecular weight is 444 g/mol. The lowest BCUT2D eigenvalue weighted by Gasteiger charge is -2.12. The van der Waals surface area contributed by atoms with Crippen molar-refractivity contribution in [1.82, 2.24) is 9.97 Å². The van der Waals surface area contributed by atoms with Crippen molar-refractivity contribution in [2.45, 2.75) is 6.18 Å². The Morgan fingerprint density at radius 1 is 1.10 bits per heavy atom. The molecule has 158 valence electrons. The number of pyridine rings is 1. The van der Waals surface area contributed by atoms with Crippen LogP contribution in [0.3, 0.4) is 0 Å². The first-order valence-electron chi connectivity index (χ1n) is 8.99. The van der Waals surface area contributed by atoms with Gasteiger partial charge in [0.1, 0.15) is 11.6 Å². The highest BCUT2D eigenvalue weighted by Crippen LogP contribution is 2.32. The number of halogens is 3. The quantitative estimate of drug-likeness (QED) is 0.412. The van der Waals surface area contributed by atoms with E-state index in [4.69, 9.17) is 4.74 Å². The first-order chi connectivity index (χ1) is 14.8.